The summed E-state index contributed by atoms with van der Waals surface area (Å²) >= 11 is 1.47. The molecule has 1 fully saturated rings. The van der Waals surface area contributed by atoms with Crippen molar-refractivity contribution in [2.75, 3.05) is 4.72 Å². The van der Waals surface area contributed by atoms with Crippen LogP contribution in [0.15, 0.2) is 58.9 Å². The standard InChI is InChI=1S/C27H30N4O4S2/c1-27(2,3)16-9-11-18(12-10-16)37(34,35)31-17-14-19-23(22-8-5-13-36-22)24(30-25(19)28-15-17)26(33)29-20-6-4-7-21(20)32/h5,8-15,20-21,31-32H,4,6-7H2,1-3H3,(H,28,30)(H,29,33)/t20-,21+/m0/s1. The van der Waals surface area contributed by atoms with Crippen molar-refractivity contribution in [3.8, 4) is 10.4 Å². The highest BCUT2D eigenvalue weighted by Crippen LogP contribution is 2.36. The molecule has 0 unspecified atom stereocenters. The molecule has 0 spiro atoms. The van der Waals surface area contributed by atoms with Gasteiger partial charge in [-0.15, -0.1) is 11.3 Å². The predicted octanol–water partition coefficient (Wildman–Crippen LogP) is 5.03. The van der Waals surface area contributed by atoms with E-state index in [1.165, 1.54) is 17.5 Å². The first-order valence-electron chi connectivity index (χ1n) is 12.2. The smallest absolute Gasteiger partial charge is 0.268 e. The molecule has 194 valence electrons. The van der Waals surface area contributed by atoms with Crippen molar-refractivity contribution in [2.45, 2.75) is 62.5 Å². The Hall–Kier alpha value is -3.21. The van der Waals surface area contributed by atoms with Crippen LogP contribution in [0.3, 0.4) is 0 Å². The molecule has 5 rings (SSSR count). The van der Waals surface area contributed by atoms with E-state index in [1.807, 2.05) is 29.6 Å². The van der Waals surface area contributed by atoms with Crippen LogP contribution in [0.25, 0.3) is 21.5 Å². The lowest BCUT2D eigenvalue weighted by molar-refractivity contribution is 0.0870. The maximum absolute atomic E-state index is 13.2. The third-order valence-electron chi connectivity index (χ3n) is 6.72. The summed E-state index contributed by atoms with van der Waals surface area (Å²) in [5, 5.41) is 15.7. The number of fused-ring (bicyclic) bond motifs is 1. The van der Waals surface area contributed by atoms with Crippen molar-refractivity contribution >= 4 is 44.0 Å². The van der Waals surface area contributed by atoms with Gasteiger partial charge in [0.15, 0.2) is 0 Å². The fourth-order valence-electron chi connectivity index (χ4n) is 4.67. The zero-order chi connectivity index (χ0) is 26.4. The number of amides is 1. The number of aromatic amines is 1. The normalized spacial score (nSPS) is 18.3. The first kappa shape index (κ1) is 25.4. The van der Waals surface area contributed by atoms with Crippen molar-refractivity contribution in [3.63, 3.8) is 0 Å². The SMILES string of the molecule is CC(C)(C)c1ccc(S(=O)(=O)Nc2cnc3[nH]c(C(=O)N[C@H]4CCC[C@H]4O)c(-c4cccs4)c3c2)cc1. The molecule has 4 N–H and O–H groups in total. The molecular weight excluding hydrogens is 508 g/mol. The zero-order valence-electron chi connectivity index (χ0n) is 20.9. The summed E-state index contributed by atoms with van der Waals surface area (Å²) < 4.78 is 28.9. The van der Waals surface area contributed by atoms with Gasteiger partial charge in [0.05, 0.1) is 28.9 Å². The molecule has 8 nitrogen and oxygen atoms in total. The van der Waals surface area contributed by atoms with Crippen LogP contribution >= 0.6 is 11.3 Å². The monoisotopic (exact) mass is 538 g/mol. The molecule has 10 heteroatoms. The van der Waals surface area contributed by atoms with Crippen molar-refractivity contribution < 1.29 is 18.3 Å². The molecule has 1 amide bonds. The molecule has 1 aliphatic carbocycles. The van der Waals surface area contributed by atoms with E-state index in [1.54, 1.807) is 18.2 Å². The van der Waals surface area contributed by atoms with Gasteiger partial charge in [0, 0.05) is 15.8 Å². The van der Waals surface area contributed by atoms with Crippen LogP contribution in [0.2, 0.25) is 0 Å². The minimum Gasteiger partial charge on any atom is -0.391 e. The first-order chi connectivity index (χ1) is 17.5. The van der Waals surface area contributed by atoms with E-state index in [0.717, 1.165) is 23.3 Å². The Kier molecular flexibility index (Phi) is 6.59. The molecule has 0 saturated heterocycles. The van der Waals surface area contributed by atoms with Gasteiger partial charge in [0.1, 0.15) is 11.3 Å². The molecule has 37 heavy (non-hydrogen) atoms. The summed E-state index contributed by atoms with van der Waals surface area (Å²) in [5.41, 5.74) is 2.70. The molecule has 1 aromatic carbocycles. The van der Waals surface area contributed by atoms with Crippen LogP contribution in [0.5, 0.6) is 0 Å². The lowest BCUT2D eigenvalue weighted by Crippen LogP contribution is -2.40. The number of pyridine rings is 1. The minimum atomic E-state index is -3.85. The maximum atomic E-state index is 13.2. The number of thiophene rings is 1. The van der Waals surface area contributed by atoms with Crippen LogP contribution in [0.4, 0.5) is 5.69 Å². The Morgan fingerprint density at radius 1 is 1.16 bits per heavy atom. The van der Waals surface area contributed by atoms with Crippen LogP contribution in [0, 0.1) is 0 Å². The van der Waals surface area contributed by atoms with E-state index >= 15 is 0 Å². The number of sulfonamides is 1. The second kappa shape index (κ2) is 9.59. The van der Waals surface area contributed by atoms with Crippen LogP contribution in [-0.4, -0.2) is 41.5 Å². The average molecular weight is 539 g/mol. The van der Waals surface area contributed by atoms with Gasteiger partial charge in [-0.1, -0.05) is 39.0 Å². The van der Waals surface area contributed by atoms with Gasteiger partial charge in [0.2, 0.25) is 0 Å². The lowest BCUT2D eigenvalue weighted by atomic mass is 9.87. The third-order valence-corrected chi connectivity index (χ3v) is 9.01. The maximum Gasteiger partial charge on any atom is 0.268 e. The highest BCUT2D eigenvalue weighted by atomic mass is 32.2. The highest BCUT2D eigenvalue weighted by molar-refractivity contribution is 7.92. The Bertz CT molecular complexity index is 1540. The van der Waals surface area contributed by atoms with E-state index in [-0.39, 0.29) is 22.3 Å². The van der Waals surface area contributed by atoms with Crippen molar-refractivity contribution in [1.82, 2.24) is 15.3 Å². The predicted molar refractivity (Wildman–Crippen MR) is 146 cm³/mol. The molecule has 0 aliphatic heterocycles. The van der Waals surface area contributed by atoms with Gasteiger partial charge in [-0.25, -0.2) is 13.4 Å². The topological polar surface area (TPSA) is 124 Å². The van der Waals surface area contributed by atoms with Gasteiger partial charge in [-0.3, -0.25) is 9.52 Å². The molecule has 0 radical (unpaired) electrons. The van der Waals surface area contributed by atoms with Crippen LogP contribution in [-0.2, 0) is 15.4 Å². The van der Waals surface area contributed by atoms with Crippen molar-refractivity contribution in [2.24, 2.45) is 0 Å². The summed E-state index contributed by atoms with van der Waals surface area (Å²) in [6.45, 7) is 6.21. The number of aromatic nitrogens is 2. The molecule has 4 aromatic rings. The number of hydrogen-bond acceptors (Lipinski definition) is 6. The van der Waals surface area contributed by atoms with E-state index in [4.69, 9.17) is 0 Å². The number of carbonyl (C=O) groups is 1. The number of aliphatic hydroxyl groups excluding tert-OH is 1. The van der Waals surface area contributed by atoms with Gasteiger partial charge in [0.25, 0.3) is 15.9 Å². The first-order valence-corrected chi connectivity index (χ1v) is 14.6. The Morgan fingerprint density at radius 3 is 2.54 bits per heavy atom. The summed E-state index contributed by atoms with van der Waals surface area (Å²) in [6, 6.07) is 12.0. The number of aliphatic hydroxyl groups is 1. The highest BCUT2D eigenvalue weighted by Gasteiger charge is 2.29. The molecule has 3 heterocycles. The Balaban J connectivity index is 1.49. The summed E-state index contributed by atoms with van der Waals surface area (Å²) in [6.07, 6.45) is 3.12. The summed E-state index contributed by atoms with van der Waals surface area (Å²) in [5.74, 6) is -0.326. The second-order valence-electron chi connectivity index (χ2n) is 10.4. The fourth-order valence-corrected chi connectivity index (χ4v) is 6.50. The fraction of sp³-hybridized carbons (Fsp3) is 0.333. The number of benzene rings is 1. The van der Waals surface area contributed by atoms with Gasteiger partial charge < -0.3 is 15.4 Å². The minimum absolute atomic E-state index is 0.0863. The van der Waals surface area contributed by atoms with Gasteiger partial charge in [-0.2, -0.15) is 0 Å². The van der Waals surface area contributed by atoms with Gasteiger partial charge in [-0.05, 0) is 59.9 Å². The molecule has 1 aliphatic rings. The van der Waals surface area contributed by atoms with E-state index in [0.29, 0.717) is 34.4 Å². The quantitative estimate of drug-likeness (QED) is 0.274. The summed E-state index contributed by atoms with van der Waals surface area (Å²) in [7, 11) is -3.85. The Labute approximate surface area is 220 Å². The number of nitrogens with one attached hydrogen (secondary N) is 3. The molecule has 3 aromatic heterocycles. The average Bonchev–Trinajstić information content (AvgIpc) is 3.58. The van der Waals surface area contributed by atoms with E-state index in [2.05, 4.69) is 40.8 Å². The number of H-pyrrole nitrogens is 1. The number of nitrogens with zero attached hydrogens (tertiary/aromatic N) is 1. The number of anilines is 1. The third kappa shape index (κ3) is 5.14. The largest absolute Gasteiger partial charge is 0.391 e. The number of rotatable bonds is 6. The lowest BCUT2D eigenvalue weighted by Gasteiger charge is -2.19. The van der Waals surface area contributed by atoms with Crippen molar-refractivity contribution in [1.29, 1.82) is 0 Å². The van der Waals surface area contributed by atoms with Crippen LogP contribution in [0.1, 0.15) is 56.1 Å². The molecule has 2 atom stereocenters. The van der Waals surface area contributed by atoms with Gasteiger partial charge >= 0.3 is 0 Å². The molecule has 1 saturated carbocycles. The van der Waals surface area contributed by atoms with E-state index in [9.17, 15) is 18.3 Å². The second-order valence-corrected chi connectivity index (χ2v) is 13.1. The summed E-state index contributed by atoms with van der Waals surface area (Å²) in [4.78, 5) is 21.8. The Morgan fingerprint density at radius 2 is 1.92 bits per heavy atom. The molecule has 0 bridgehead atoms. The van der Waals surface area contributed by atoms with Crippen molar-refractivity contribution in [3.05, 3.63) is 65.3 Å². The number of carbonyl (C=O) groups excluding carboxylic acids is 1. The number of hydrogen-bond donors (Lipinski definition) is 4. The zero-order valence-corrected chi connectivity index (χ0v) is 22.5. The molecular formula is C27H30N4O4S2. The van der Waals surface area contributed by atoms with Crippen LogP contribution < -0.4 is 10.0 Å². The van der Waals surface area contributed by atoms with E-state index < -0.39 is 16.1 Å².